The van der Waals surface area contributed by atoms with E-state index in [0.29, 0.717) is 6.42 Å². The van der Waals surface area contributed by atoms with Crippen LogP contribution in [0.4, 0.5) is 0 Å². The summed E-state index contributed by atoms with van der Waals surface area (Å²) in [4.78, 5) is 10.5. The van der Waals surface area contributed by atoms with Gasteiger partial charge >= 0.3 is 5.97 Å². The molecule has 1 unspecified atom stereocenters. The first-order chi connectivity index (χ1) is 16.2. The maximum atomic E-state index is 10.5. The van der Waals surface area contributed by atoms with Crippen molar-refractivity contribution in [2.45, 2.75) is 186 Å². The second-order valence-electron chi connectivity index (χ2n) is 10.5. The molecule has 0 aromatic rings. The van der Waals surface area contributed by atoms with E-state index in [1.165, 1.54) is 154 Å². The van der Waals surface area contributed by atoms with Crippen molar-refractivity contribution in [2.75, 3.05) is 0 Å². The summed E-state index contributed by atoms with van der Waals surface area (Å²) in [5.41, 5.74) is 0. The van der Waals surface area contributed by atoms with E-state index < -0.39 is 12.1 Å². The Morgan fingerprint density at radius 2 is 0.667 bits per heavy atom. The summed E-state index contributed by atoms with van der Waals surface area (Å²) in [6.07, 6.45) is 34.9. The van der Waals surface area contributed by atoms with Gasteiger partial charge < -0.3 is 10.2 Å². The van der Waals surface area contributed by atoms with Crippen LogP contribution in [0.25, 0.3) is 0 Å². The number of hydrogen-bond donors (Lipinski definition) is 2. The topological polar surface area (TPSA) is 57.5 Å². The molecule has 0 saturated heterocycles. The summed E-state index contributed by atoms with van der Waals surface area (Å²) in [5, 5.41) is 17.8. The van der Waals surface area contributed by atoms with Crippen LogP contribution in [0, 0.1) is 0 Å². The minimum absolute atomic E-state index is 0.398. The predicted molar refractivity (Wildman–Crippen MR) is 144 cm³/mol. The van der Waals surface area contributed by atoms with Crippen LogP contribution in [-0.4, -0.2) is 22.3 Å². The van der Waals surface area contributed by atoms with Gasteiger partial charge in [-0.1, -0.05) is 174 Å². The van der Waals surface area contributed by atoms with Gasteiger partial charge in [-0.2, -0.15) is 0 Å². The van der Waals surface area contributed by atoms with Gasteiger partial charge in [-0.05, 0) is 6.42 Å². The third-order valence-electron chi connectivity index (χ3n) is 7.12. The van der Waals surface area contributed by atoms with Crippen LogP contribution >= 0.6 is 0 Å². The van der Waals surface area contributed by atoms with Crippen molar-refractivity contribution >= 4 is 5.97 Å². The molecule has 0 amide bonds. The molecule has 0 rings (SSSR count). The minimum Gasteiger partial charge on any atom is -0.479 e. The van der Waals surface area contributed by atoms with Gasteiger partial charge in [0.15, 0.2) is 6.10 Å². The highest BCUT2D eigenvalue weighted by molar-refractivity contribution is 5.71. The molecule has 0 aromatic heterocycles. The van der Waals surface area contributed by atoms with Crippen LogP contribution in [0.1, 0.15) is 180 Å². The molecule has 0 radical (unpaired) electrons. The molecule has 33 heavy (non-hydrogen) atoms. The van der Waals surface area contributed by atoms with Crippen molar-refractivity contribution in [3.8, 4) is 0 Å². The van der Waals surface area contributed by atoms with Crippen LogP contribution in [0.2, 0.25) is 0 Å². The van der Waals surface area contributed by atoms with Gasteiger partial charge in [-0.3, -0.25) is 0 Å². The van der Waals surface area contributed by atoms with Crippen molar-refractivity contribution in [3.05, 3.63) is 0 Å². The summed E-state index contributed by atoms with van der Waals surface area (Å²) in [6, 6.07) is 0. The van der Waals surface area contributed by atoms with Crippen LogP contribution in [-0.2, 0) is 4.79 Å². The maximum absolute atomic E-state index is 10.5. The molecule has 0 aromatic carbocycles. The number of carbonyl (C=O) groups is 1. The van der Waals surface area contributed by atoms with E-state index in [2.05, 4.69) is 6.92 Å². The second-order valence-corrected chi connectivity index (χ2v) is 10.5. The van der Waals surface area contributed by atoms with Gasteiger partial charge in [0, 0.05) is 0 Å². The third-order valence-corrected chi connectivity index (χ3v) is 7.12. The Balaban J connectivity index is 3.04. The van der Waals surface area contributed by atoms with Crippen molar-refractivity contribution in [1.29, 1.82) is 0 Å². The highest BCUT2D eigenvalue weighted by atomic mass is 16.4. The number of carboxylic acid groups (broad SMARTS) is 1. The molecule has 0 aliphatic heterocycles. The molecule has 0 fully saturated rings. The normalized spacial score (nSPS) is 12.3. The zero-order valence-corrected chi connectivity index (χ0v) is 22.5. The highest BCUT2D eigenvalue weighted by Crippen LogP contribution is 2.16. The highest BCUT2D eigenvalue weighted by Gasteiger charge is 2.11. The molecule has 1 atom stereocenters. The maximum Gasteiger partial charge on any atom is 0.332 e. The molecule has 198 valence electrons. The van der Waals surface area contributed by atoms with Crippen molar-refractivity contribution in [3.63, 3.8) is 0 Å². The van der Waals surface area contributed by atoms with Gasteiger partial charge in [0.1, 0.15) is 0 Å². The molecule has 3 heteroatoms. The van der Waals surface area contributed by atoms with E-state index in [0.717, 1.165) is 12.8 Å². The summed E-state index contributed by atoms with van der Waals surface area (Å²) in [6.45, 7) is 2.29. The fourth-order valence-corrected chi connectivity index (χ4v) is 4.78. The lowest BCUT2D eigenvalue weighted by molar-refractivity contribution is -0.146. The molecule has 0 saturated carbocycles. The van der Waals surface area contributed by atoms with E-state index in [1.54, 1.807) is 0 Å². The van der Waals surface area contributed by atoms with Crippen LogP contribution < -0.4 is 0 Å². The van der Waals surface area contributed by atoms with Crippen molar-refractivity contribution in [2.24, 2.45) is 0 Å². The van der Waals surface area contributed by atoms with Crippen LogP contribution in [0.3, 0.4) is 0 Å². The van der Waals surface area contributed by atoms with Crippen LogP contribution in [0.15, 0.2) is 0 Å². The number of aliphatic carboxylic acids is 1. The van der Waals surface area contributed by atoms with Gasteiger partial charge in [0.05, 0.1) is 0 Å². The fourth-order valence-electron chi connectivity index (χ4n) is 4.78. The van der Waals surface area contributed by atoms with Crippen molar-refractivity contribution < 1.29 is 15.0 Å². The standard InChI is InChI=1S/C30H60O3/c1-2-3-4-5-6-7-8-9-10-11-12-13-14-15-16-17-18-19-20-21-22-23-24-25-26-27-28-29(31)30(32)33/h29,31H,2-28H2,1H3,(H,32,33). The van der Waals surface area contributed by atoms with E-state index in [9.17, 15) is 9.90 Å². The van der Waals surface area contributed by atoms with E-state index in [4.69, 9.17) is 5.11 Å². The van der Waals surface area contributed by atoms with E-state index in [-0.39, 0.29) is 0 Å². The molecular formula is C30H60O3. The monoisotopic (exact) mass is 468 g/mol. The Bertz CT molecular complexity index is 383. The van der Waals surface area contributed by atoms with E-state index in [1.807, 2.05) is 0 Å². The van der Waals surface area contributed by atoms with E-state index >= 15 is 0 Å². The quantitative estimate of drug-likeness (QED) is 0.112. The van der Waals surface area contributed by atoms with Gasteiger partial charge in [-0.25, -0.2) is 4.79 Å². The Morgan fingerprint density at radius 3 is 0.879 bits per heavy atom. The summed E-state index contributed by atoms with van der Waals surface area (Å²) in [7, 11) is 0. The average Bonchev–Trinajstić information content (AvgIpc) is 2.81. The first-order valence-electron chi connectivity index (χ1n) is 15.1. The molecule has 0 bridgehead atoms. The lowest BCUT2D eigenvalue weighted by Gasteiger charge is -2.05. The van der Waals surface area contributed by atoms with Gasteiger partial charge in [0.25, 0.3) is 0 Å². The largest absolute Gasteiger partial charge is 0.479 e. The number of hydrogen-bond acceptors (Lipinski definition) is 2. The molecule has 0 heterocycles. The smallest absolute Gasteiger partial charge is 0.332 e. The molecule has 0 aliphatic carbocycles. The number of aliphatic hydroxyl groups excluding tert-OH is 1. The third kappa shape index (κ3) is 27.6. The Kier molecular flexibility index (Phi) is 27.2. The Morgan fingerprint density at radius 1 is 0.455 bits per heavy atom. The summed E-state index contributed by atoms with van der Waals surface area (Å²) >= 11 is 0. The molecule has 3 nitrogen and oxygen atoms in total. The molecular weight excluding hydrogens is 408 g/mol. The fraction of sp³-hybridized carbons (Fsp3) is 0.967. The first-order valence-corrected chi connectivity index (χ1v) is 15.1. The number of rotatable bonds is 28. The first kappa shape index (κ1) is 32.4. The Hall–Kier alpha value is -0.570. The van der Waals surface area contributed by atoms with Gasteiger partial charge in [0.2, 0.25) is 0 Å². The SMILES string of the molecule is CCCCCCCCCCCCCCCCCCCCCCCCCCCCC(O)C(=O)O. The Labute approximate surface area is 207 Å². The number of carboxylic acids is 1. The zero-order valence-electron chi connectivity index (χ0n) is 22.5. The zero-order chi connectivity index (χ0) is 24.2. The average molecular weight is 469 g/mol. The lowest BCUT2D eigenvalue weighted by atomic mass is 10.0. The summed E-state index contributed by atoms with van der Waals surface area (Å²) < 4.78 is 0. The lowest BCUT2D eigenvalue weighted by Crippen LogP contribution is -2.18. The van der Waals surface area contributed by atoms with Crippen LogP contribution in [0.5, 0.6) is 0 Å². The number of unbranched alkanes of at least 4 members (excludes halogenated alkanes) is 25. The summed E-state index contributed by atoms with van der Waals surface area (Å²) in [5.74, 6) is -1.09. The molecule has 2 N–H and O–H groups in total. The minimum atomic E-state index is -1.17. The van der Waals surface area contributed by atoms with Gasteiger partial charge in [-0.15, -0.1) is 0 Å². The second kappa shape index (κ2) is 27.7. The predicted octanol–water partition coefficient (Wildman–Crippen LogP) is 9.98. The van der Waals surface area contributed by atoms with Crippen molar-refractivity contribution in [1.82, 2.24) is 0 Å². The number of aliphatic hydroxyl groups is 1. The molecule has 0 spiro atoms. The molecule has 0 aliphatic rings.